The summed E-state index contributed by atoms with van der Waals surface area (Å²) in [5.74, 6) is 1.29. The Morgan fingerprint density at radius 2 is 1.88 bits per heavy atom. The van der Waals surface area contributed by atoms with Crippen LogP contribution in [0.3, 0.4) is 0 Å². The summed E-state index contributed by atoms with van der Waals surface area (Å²) < 4.78 is 7.19. The quantitative estimate of drug-likeness (QED) is 0.223. The molecule has 0 aliphatic carbocycles. The molecule has 0 saturated heterocycles. The Morgan fingerprint density at radius 1 is 1.09 bits per heavy atom. The van der Waals surface area contributed by atoms with Gasteiger partial charge < -0.3 is 4.74 Å². The van der Waals surface area contributed by atoms with E-state index in [2.05, 4.69) is 20.7 Å². The van der Waals surface area contributed by atoms with Gasteiger partial charge in [-0.25, -0.2) is 5.43 Å². The molecule has 1 aromatic heterocycles. The summed E-state index contributed by atoms with van der Waals surface area (Å²) >= 11 is 7.23. The van der Waals surface area contributed by atoms with E-state index < -0.39 is 0 Å². The molecule has 0 fully saturated rings. The Balaban J connectivity index is 1.51. The van der Waals surface area contributed by atoms with Crippen molar-refractivity contribution in [2.45, 2.75) is 5.16 Å². The predicted molar refractivity (Wildman–Crippen MR) is 131 cm³/mol. The third-order valence-electron chi connectivity index (χ3n) is 4.58. The van der Waals surface area contributed by atoms with E-state index in [4.69, 9.17) is 16.3 Å². The molecule has 0 unspecified atom stereocenters. The van der Waals surface area contributed by atoms with Gasteiger partial charge in [0, 0.05) is 16.3 Å². The number of nitrogens with zero attached hydrogens (tertiary/aromatic N) is 4. The topological polar surface area (TPSA) is 81.4 Å². The number of nitrogens with one attached hydrogen (secondary N) is 1. The van der Waals surface area contributed by atoms with Crippen LogP contribution < -0.4 is 10.2 Å². The van der Waals surface area contributed by atoms with Gasteiger partial charge in [-0.15, -0.1) is 10.2 Å². The maximum Gasteiger partial charge on any atom is 0.250 e. The predicted octanol–water partition coefficient (Wildman–Crippen LogP) is 4.84. The summed E-state index contributed by atoms with van der Waals surface area (Å²) in [6.45, 7) is 0. The minimum atomic E-state index is -0.260. The SMILES string of the molecule is COc1ccc(-n2c(SCC(=O)N/N=C/c3cccc(Cl)c3)nnc2-c2ccccc2)cc1. The molecule has 7 nitrogen and oxygen atoms in total. The molecule has 0 radical (unpaired) electrons. The van der Waals surface area contributed by atoms with Crippen LogP contribution in [0.2, 0.25) is 5.02 Å². The van der Waals surface area contributed by atoms with E-state index in [9.17, 15) is 4.79 Å². The third-order valence-corrected chi connectivity index (χ3v) is 5.74. The van der Waals surface area contributed by atoms with Crippen molar-refractivity contribution in [1.29, 1.82) is 0 Å². The summed E-state index contributed by atoms with van der Waals surface area (Å²) in [4.78, 5) is 12.3. The molecular weight excluding hydrogens is 458 g/mol. The van der Waals surface area contributed by atoms with E-state index in [1.807, 2.05) is 71.3 Å². The number of hydrogen-bond acceptors (Lipinski definition) is 6. The second kappa shape index (κ2) is 10.8. The number of thioether (sulfide) groups is 1. The number of methoxy groups -OCH3 is 1. The molecule has 1 amide bonds. The van der Waals surface area contributed by atoms with E-state index in [1.165, 1.54) is 11.8 Å². The highest BCUT2D eigenvalue weighted by molar-refractivity contribution is 7.99. The molecule has 166 valence electrons. The van der Waals surface area contributed by atoms with Crippen molar-refractivity contribution in [3.05, 3.63) is 89.4 Å². The number of hydrogen-bond donors (Lipinski definition) is 1. The van der Waals surface area contributed by atoms with Gasteiger partial charge in [0.2, 0.25) is 0 Å². The first-order chi connectivity index (χ1) is 16.1. The number of carbonyl (C=O) groups excluding carboxylic acids is 1. The van der Waals surface area contributed by atoms with Crippen molar-refractivity contribution >= 4 is 35.5 Å². The van der Waals surface area contributed by atoms with Crippen LogP contribution >= 0.6 is 23.4 Å². The fraction of sp³-hybridized carbons (Fsp3) is 0.0833. The zero-order chi connectivity index (χ0) is 23.0. The monoisotopic (exact) mass is 477 g/mol. The van der Waals surface area contributed by atoms with Gasteiger partial charge in [-0.2, -0.15) is 5.10 Å². The molecular formula is C24H20ClN5O2S. The molecule has 0 saturated carbocycles. The van der Waals surface area contributed by atoms with E-state index in [0.717, 1.165) is 22.6 Å². The van der Waals surface area contributed by atoms with Crippen LogP contribution in [0, 0.1) is 0 Å². The Labute approximate surface area is 200 Å². The lowest BCUT2D eigenvalue weighted by Gasteiger charge is -2.11. The number of carbonyl (C=O) groups is 1. The van der Waals surface area contributed by atoms with Crippen LogP contribution in [0.15, 0.2) is 89.1 Å². The lowest BCUT2D eigenvalue weighted by molar-refractivity contribution is -0.118. The fourth-order valence-electron chi connectivity index (χ4n) is 3.03. The van der Waals surface area contributed by atoms with Crippen LogP contribution in [0.1, 0.15) is 5.56 Å². The zero-order valence-electron chi connectivity index (χ0n) is 17.7. The average molecular weight is 478 g/mol. The van der Waals surface area contributed by atoms with Gasteiger partial charge >= 0.3 is 0 Å². The van der Waals surface area contributed by atoms with Gasteiger partial charge in [0.15, 0.2) is 11.0 Å². The van der Waals surface area contributed by atoms with Crippen LogP contribution in [-0.2, 0) is 4.79 Å². The summed E-state index contributed by atoms with van der Waals surface area (Å²) in [7, 11) is 1.62. The number of amides is 1. The van der Waals surface area contributed by atoms with Gasteiger partial charge in [-0.1, -0.05) is 65.8 Å². The molecule has 33 heavy (non-hydrogen) atoms. The van der Waals surface area contributed by atoms with Crippen molar-refractivity contribution in [3.63, 3.8) is 0 Å². The van der Waals surface area contributed by atoms with Crippen molar-refractivity contribution in [2.24, 2.45) is 5.10 Å². The third kappa shape index (κ3) is 5.79. The Kier molecular flexibility index (Phi) is 7.39. The molecule has 0 aliphatic heterocycles. The van der Waals surface area contributed by atoms with Gasteiger partial charge in [0.05, 0.1) is 19.1 Å². The summed E-state index contributed by atoms with van der Waals surface area (Å²) in [6.07, 6.45) is 1.54. The first-order valence-electron chi connectivity index (χ1n) is 9.99. The molecule has 1 heterocycles. The Hall–Kier alpha value is -3.62. The minimum absolute atomic E-state index is 0.121. The standard InChI is InChI=1S/C24H20ClN5O2S/c1-32-21-12-10-20(11-13-21)30-23(18-7-3-2-4-8-18)28-29-24(30)33-16-22(31)27-26-15-17-6-5-9-19(25)14-17/h2-15H,16H2,1H3,(H,27,31)/b26-15+. The fourth-order valence-corrected chi connectivity index (χ4v) is 3.97. The largest absolute Gasteiger partial charge is 0.497 e. The molecule has 0 aliphatic rings. The number of rotatable bonds is 8. The molecule has 3 aromatic carbocycles. The molecule has 0 bridgehead atoms. The Morgan fingerprint density at radius 3 is 2.61 bits per heavy atom. The van der Waals surface area contributed by atoms with Gasteiger partial charge in [-0.05, 0) is 42.0 Å². The van der Waals surface area contributed by atoms with E-state index >= 15 is 0 Å². The lowest BCUT2D eigenvalue weighted by Crippen LogP contribution is -2.20. The number of aromatic nitrogens is 3. The van der Waals surface area contributed by atoms with Crippen LogP contribution in [0.25, 0.3) is 17.1 Å². The average Bonchev–Trinajstić information content (AvgIpc) is 3.27. The van der Waals surface area contributed by atoms with Crippen LogP contribution in [0.4, 0.5) is 0 Å². The minimum Gasteiger partial charge on any atom is -0.497 e. The van der Waals surface area contributed by atoms with Gasteiger partial charge in [-0.3, -0.25) is 9.36 Å². The summed E-state index contributed by atoms with van der Waals surface area (Å²) in [5, 5.41) is 13.9. The summed E-state index contributed by atoms with van der Waals surface area (Å²) in [5.41, 5.74) is 5.10. The smallest absolute Gasteiger partial charge is 0.250 e. The molecule has 0 spiro atoms. The van der Waals surface area contributed by atoms with Crippen LogP contribution in [-0.4, -0.2) is 39.7 Å². The number of halogens is 1. The number of hydrazone groups is 1. The molecule has 9 heteroatoms. The van der Waals surface area contributed by atoms with E-state index in [1.54, 1.807) is 25.5 Å². The highest BCUT2D eigenvalue weighted by atomic mass is 35.5. The first kappa shape index (κ1) is 22.6. The molecule has 0 atom stereocenters. The zero-order valence-corrected chi connectivity index (χ0v) is 19.3. The summed E-state index contributed by atoms with van der Waals surface area (Å²) in [6, 6.07) is 24.6. The lowest BCUT2D eigenvalue weighted by atomic mass is 10.2. The molecule has 4 aromatic rings. The highest BCUT2D eigenvalue weighted by Gasteiger charge is 2.17. The van der Waals surface area contributed by atoms with E-state index in [0.29, 0.717) is 16.0 Å². The van der Waals surface area contributed by atoms with E-state index in [-0.39, 0.29) is 11.7 Å². The molecule has 4 rings (SSSR count). The molecule has 1 N–H and O–H groups in total. The highest BCUT2D eigenvalue weighted by Crippen LogP contribution is 2.28. The number of benzene rings is 3. The first-order valence-corrected chi connectivity index (χ1v) is 11.4. The van der Waals surface area contributed by atoms with Crippen molar-refractivity contribution in [3.8, 4) is 22.8 Å². The van der Waals surface area contributed by atoms with Crippen molar-refractivity contribution < 1.29 is 9.53 Å². The van der Waals surface area contributed by atoms with Gasteiger partial charge in [0.25, 0.3) is 5.91 Å². The maximum absolute atomic E-state index is 12.3. The number of ether oxygens (including phenoxy) is 1. The van der Waals surface area contributed by atoms with Crippen molar-refractivity contribution in [1.82, 2.24) is 20.2 Å². The second-order valence-corrected chi connectivity index (χ2v) is 8.22. The Bertz CT molecular complexity index is 1260. The normalized spacial score (nSPS) is 11.0. The second-order valence-electron chi connectivity index (χ2n) is 6.84. The van der Waals surface area contributed by atoms with Crippen LogP contribution in [0.5, 0.6) is 5.75 Å². The maximum atomic E-state index is 12.3. The van der Waals surface area contributed by atoms with Crippen molar-refractivity contribution in [2.75, 3.05) is 12.9 Å². The van der Waals surface area contributed by atoms with Gasteiger partial charge in [0.1, 0.15) is 5.75 Å².